The fourth-order valence-electron chi connectivity index (χ4n) is 2.17. The van der Waals surface area contributed by atoms with Gasteiger partial charge in [0.25, 0.3) is 5.91 Å². The molecule has 1 aliphatic heterocycles. The average molecular weight is 269 g/mol. The van der Waals surface area contributed by atoms with Gasteiger partial charge in [-0.1, -0.05) is 0 Å². The second-order valence-electron chi connectivity index (χ2n) is 4.68. The third kappa shape index (κ3) is 1.78. The van der Waals surface area contributed by atoms with Crippen molar-refractivity contribution < 1.29 is 9.90 Å². The van der Waals surface area contributed by atoms with Crippen LogP contribution in [0, 0.1) is 0 Å². The van der Waals surface area contributed by atoms with Gasteiger partial charge in [-0.05, 0) is 20.8 Å². The normalized spacial score (nSPS) is 19.3. The van der Waals surface area contributed by atoms with E-state index in [2.05, 4.69) is 17.6 Å². The van der Waals surface area contributed by atoms with Crippen LogP contribution in [0.4, 0.5) is 0 Å². The first-order valence-electron chi connectivity index (χ1n) is 5.70. The summed E-state index contributed by atoms with van der Waals surface area (Å²) >= 11 is 4.10. The summed E-state index contributed by atoms with van der Waals surface area (Å²) in [6.07, 6.45) is 0. The van der Waals surface area contributed by atoms with Crippen molar-refractivity contribution in [3.8, 4) is 5.75 Å². The molecule has 0 unspecified atom stereocenters. The van der Waals surface area contributed by atoms with Gasteiger partial charge < -0.3 is 14.6 Å². The minimum absolute atomic E-state index is 0.000246. The van der Waals surface area contributed by atoms with Gasteiger partial charge in [0.1, 0.15) is 0 Å². The molecule has 1 atom stereocenters. The zero-order valence-corrected chi connectivity index (χ0v) is 11.3. The SMILES string of the molecule is CC(C)N1C[C@H](C)n2c(S)nc(=O)c(O)c2C1=O. The van der Waals surface area contributed by atoms with E-state index in [1.807, 2.05) is 20.8 Å². The molecule has 7 heteroatoms. The zero-order chi connectivity index (χ0) is 13.6. The number of amides is 1. The summed E-state index contributed by atoms with van der Waals surface area (Å²) in [4.78, 5) is 28.9. The third-order valence-electron chi connectivity index (χ3n) is 3.07. The van der Waals surface area contributed by atoms with Gasteiger partial charge in [0.05, 0.1) is 6.04 Å². The number of hydrogen-bond acceptors (Lipinski definition) is 5. The molecule has 1 aromatic rings. The Morgan fingerprint density at radius 1 is 1.44 bits per heavy atom. The molecule has 0 aromatic carbocycles. The largest absolute Gasteiger partial charge is 0.501 e. The zero-order valence-electron chi connectivity index (χ0n) is 10.4. The Kier molecular flexibility index (Phi) is 3.10. The van der Waals surface area contributed by atoms with Crippen LogP contribution in [0.25, 0.3) is 0 Å². The van der Waals surface area contributed by atoms with E-state index in [1.54, 1.807) is 4.90 Å². The molecule has 1 aliphatic rings. The Labute approximate surface area is 110 Å². The van der Waals surface area contributed by atoms with Crippen LogP contribution in [0.3, 0.4) is 0 Å². The second-order valence-corrected chi connectivity index (χ2v) is 5.08. The number of hydrogen-bond donors (Lipinski definition) is 2. The molecule has 0 radical (unpaired) electrons. The Balaban J connectivity index is 2.71. The number of aromatic nitrogens is 2. The predicted molar refractivity (Wildman–Crippen MR) is 68.3 cm³/mol. The molecule has 2 rings (SSSR count). The Hall–Kier alpha value is -1.50. The van der Waals surface area contributed by atoms with Crippen molar-refractivity contribution in [2.24, 2.45) is 0 Å². The van der Waals surface area contributed by atoms with Crippen LogP contribution in [0.2, 0.25) is 0 Å². The lowest BCUT2D eigenvalue weighted by Crippen LogP contribution is -2.47. The molecular formula is C11H15N3O3S. The van der Waals surface area contributed by atoms with Gasteiger partial charge in [0.15, 0.2) is 10.9 Å². The summed E-state index contributed by atoms with van der Waals surface area (Å²) in [5, 5.41) is 9.93. The number of nitrogens with zero attached hydrogens (tertiary/aromatic N) is 3. The lowest BCUT2D eigenvalue weighted by Gasteiger charge is -2.37. The molecule has 18 heavy (non-hydrogen) atoms. The second kappa shape index (κ2) is 4.31. The van der Waals surface area contributed by atoms with Crippen molar-refractivity contribution in [1.82, 2.24) is 14.5 Å². The molecule has 0 fully saturated rings. The molecule has 0 saturated heterocycles. The standard InChI is InChI=1S/C11H15N3O3S/c1-5(2)13-4-6(3)14-7(10(13)17)8(15)9(16)12-11(14)18/h5-6,15H,4H2,1-3H3,(H,12,16,18)/t6-/m0/s1. The fraction of sp³-hybridized carbons (Fsp3) is 0.545. The van der Waals surface area contributed by atoms with E-state index < -0.39 is 11.3 Å². The molecule has 0 aliphatic carbocycles. The molecule has 0 spiro atoms. The lowest BCUT2D eigenvalue weighted by atomic mass is 10.1. The van der Waals surface area contributed by atoms with E-state index >= 15 is 0 Å². The first kappa shape index (κ1) is 12.9. The lowest BCUT2D eigenvalue weighted by molar-refractivity contribution is 0.0595. The van der Waals surface area contributed by atoms with Gasteiger partial charge in [0, 0.05) is 12.6 Å². The predicted octanol–water partition coefficient (Wildman–Crippen LogP) is 0.663. The molecule has 98 valence electrons. The molecule has 1 aromatic heterocycles. The maximum atomic E-state index is 12.3. The van der Waals surface area contributed by atoms with E-state index in [9.17, 15) is 14.7 Å². The van der Waals surface area contributed by atoms with Gasteiger partial charge in [-0.25, -0.2) is 0 Å². The van der Waals surface area contributed by atoms with Crippen LogP contribution in [0.15, 0.2) is 9.95 Å². The van der Waals surface area contributed by atoms with Crippen LogP contribution in [-0.4, -0.2) is 38.1 Å². The fourth-order valence-corrected chi connectivity index (χ4v) is 2.55. The number of aromatic hydroxyl groups is 1. The van der Waals surface area contributed by atoms with Crippen molar-refractivity contribution in [3.63, 3.8) is 0 Å². The highest BCUT2D eigenvalue weighted by molar-refractivity contribution is 7.80. The van der Waals surface area contributed by atoms with Gasteiger partial charge in [0.2, 0.25) is 5.75 Å². The molecule has 0 bridgehead atoms. The number of carbonyl (C=O) groups is 1. The minimum Gasteiger partial charge on any atom is -0.501 e. The van der Waals surface area contributed by atoms with Crippen LogP contribution in [0.5, 0.6) is 5.75 Å². The first-order valence-corrected chi connectivity index (χ1v) is 6.14. The Morgan fingerprint density at radius 3 is 2.61 bits per heavy atom. The third-order valence-corrected chi connectivity index (χ3v) is 3.39. The molecule has 1 amide bonds. The van der Waals surface area contributed by atoms with Crippen molar-refractivity contribution in [1.29, 1.82) is 0 Å². The highest BCUT2D eigenvalue weighted by Crippen LogP contribution is 2.28. The molecule has 1 N–H and O–H groups in total. The molecule has 0 saturated carbocycles. The summed E-state index contributed by atoms with van der Waals surface area (Å²) in [7, 11) is 0. The number of thiol groups is 1. The van der Waals surface area contributed by atoms with E-state index in [-0.39, 0.29) is 28.8 Å². The minimum atomic E-state index is -0.822. The summed E-state index contributed by atoms with van der Waals surface area (Å²) in [6, 6.07) is -0.0914. The molecular weight excluding hydrogens is 254 g/mol. The topological polar surface area (TPSA) is 75.4 Å². The number of rotatable bonds is 1. The smallest absolute Gasteiger partial charge is 0.316 e. The first-order chi connectivity index (χ1) is 8.34. The van der Waals surface area contributed by atoms with Crippen molar-refractivity contribution in [2.75, 3.05) is 6.54 Å². The van der Waals surface area contributed by atoms with E-state index in [1.165, 1.54) is 4.57 Å². The number of carbonyl (C=O) groups excluding carboxylic acids is 1. The maximum Gasteiger partial charge on any atom is 0.316 e. The monoisotopic (exact) mass is 269 g/mol. The van der Waals surface area contributed by atoms with Crippen LogP contribution in [-0.2, 0) is 0 Å². The van der Waals surface area contributed by atoms with E-state index in [0.29, 0.717) is 6.54 Å². The van der Waals surface area contributed by atoms with E-state index in [0.717, 1.165) is 0 Å². The summed E-state index contributed by atoms with van der Waals surface area (Å²) in [5.74, 6) is -0.967. The maximum absolute atomic E-state index is 12.3. The van der Waals surface area contributed by atoms with Crippen LogP contribution in [0.1, 0.15) is 37.3 Å². The molecule has 2 heterocycles. The van der Waals surface area contributed by atoms with Crippen molar-refractivity contribution >= 4 is 18.5 Å². The van der Waals surface area contributed by atoms with Gasteiger partial charge >= 0.3 is 5.56 Å². The van der Waals surface area contributed by atoms with Gasteiger partial charge in [-0.15, -0.1) is 12.6 Å². The van der Waals surface area contributed by atoms with Crippen LogP contribution < -0.4 is 5.56 Å². The van der Waals surface area contributed by atoms with Crippen LogP contribution >= 0.6 is 12.6 Å². The van der Waals surface area contributed by atoms with Crippen molar-refractivity contribution in [3.05, 3.63) is 16.0 Å². The molecule has 6 nitrogen and oxygen atoms in total. The Morgan fingerprint density at radius 2 is 2.06 bits per heavy atom. The highest BCUT2D eigenvalue weighted by atomic mass is 32.1. The summed E-state index contributed by atoms with van der Waals surface area (Å²) in [6.45, 7) is 6.16. The van der Waals surface area contributed by atoms with Crippen molar-refractivity contribution in [2.45, 2.75) is 38.0 Å². The van der Waals surface area contributed by atoms with Gasteiger partial charge in [-0.2, -0.15) is 4.98 Å². The number of fused-ring (bicyclic) bond motifs is 1. The van der Waals surface area contributed by atoms with Gasteiger partial charge in [-0.3, -0.25) is 9.59 Å². The summed E-state index contributed by atoms with van der Waals surface area (Å²) in [5.41, 5.74) is -0.843. The average Bonchev–Trinajstić information content (AvgIpc) is 2.28. The summed E-state index contributed by atoms with van der Waals surface area (Å²) < 4.78 is 1.50. The quantitative estimate of drug-likeness (QED) is 0.580. The van der Waals surface area contributed by atoms with E-state index in [4.69, 9.17) is 0 Å². The Bertz CT molecular complexity index is 567. The highest BCUT2D eigenvalue weighted by Gasteiger charge is 2.34.